The van der Waals surface area contributed by atoms with Crippen molar-refractivity contribution in [3.63, 3.8) is 0 Å². The lowest BCUT2D eigenvalue weighted by molar-refractivity contribution is -0.121. The van der Waals surface area contributed by atoms with Gasteiger partial charge in [0.15, 0.2) is 0 Å². The zero-order chi connectivity index (χ0) is 21.4. The van der Waals surface area contributed by atoms with Crippen LogP contribution in [0.3, 0.4) is 0 Å². The van der Waals surface area contributed by atoms with Gasteiger partial charge in [-0.3, -0.25) is 9.10 Å². The smallest absolute Gasteiger partial charge is 0.232 e. The molecule has 0 saturated carbocycles. The van der Waals surface area contributed by atoms with E-state index in [4.69, 9.17) is 4.74 Å². The fourth-order valence-electron chi connectivity index (χ4n) is 3.12. The van der Waals surface area contributed by atoms with Crippen LogP contribution in [0.15, 0.2) is 42.5 Å². The van der Waals surface area contributed by atoms with Gasteiger partial charge in [-0.1, -0.05) is 24.3 Å². The van der Waals surface area contributed by atoms with Crippen LogP contribution in [0.25, 0.3) is 0 Å². The Morgan fingerprint density at radius 3 is 2.34 bits per heavy atom. The maximum Gasteiger partial charge on any atom is 0.232 e. The second-order valence-electron chi connectivity index (χ2n) is 7.25. The lowest BCUT2D eigenvalue weighted by Crippen LogP contribution is -2.33. The largest absolute Gasteiger partial charge is 0.491 e. The second-order valence-corrected chi connectivity index (χ2v) is 9.16. The molecule has 0 unspecified atom stereocenters. The van der Waals surface area contributed by atoms with Crippen LogP contribution in [0.4, 0.5) is 5.69 Å². The van der Waals surface area contributed by atoms with Gasteiger partial charge in [-0.05, 0) is 62.1 Å². The Bertz CT molecular complexity index is 921. The molecule has 158 valence electrons. The molecule has 0 aliphatic rings. The number of hydrogen-bond donors (Lipinski definition) is 1. The minimum absolute atomic E-state index is 0.118. The average Bonchev–Trinajstić information content (AvgIpc) is 2.61. The Balaban J connectivity index is 1.80. The molecule has 0 heterocycles. The first-order valence-electron chi connectivity index (χ1n) is 9.68. The third-order valence-corrected chi connectivity index (χ3v) is 5.63. The first-order chi connectivity index (χ1) is 13.7. The van der Waals surface area contributed by atoms with Crippen LogP contribution < -0.4 is 14.4 Å². The Morgan fingerprint density at radius 1 is 1.07 bits per heavy atom. The van der Waals surface area contributed by atoms with Crippen molar-refractivity contribution in [3.8, 4) is 5.75 Å². The molecular weight excluding hydrogens is 388 g/mol. The number of rotatable bonds is 10. The zero-order valence-corrected chi connectivity index (χ0v) is 18.4. The van der Waals surface area contributed by atoms with E-state index in [1.165, 1.54) is 10.6 Å². The molecule has 0 fully saturated rings. The van der Waals surface area contributed by atoms with Gasteiger partial charge < -0.3 is 10.1 Å². The monoisotopic (exact) mass is 418 g/mol. The molecule has 1 N–H and O–H groups in total. The molecule has 0 spiro atoms. The van der Waals surface area contributed by atoms with Crippen LogP contribution in [-0.2, 0) is 14.8 Å². The molecule has 0 aliphatic heterocycles. The Morgan fingerprint density at radius 2 is 1.72 bits per heavy atom. The van der Waals surface area contributed by atoms with Gasteiger partial charge in [-0.2, -0.15) is 0 Å². The fraction of sp³-hybridized carbons (Fsp3) is 0.409. The highest BCUT2D eigenvalue weighted by molar-refractivity contribution is 7.92. The van der Waals surface area contributed by atoms with E-state index >= 15 is 0 Å². The maximum atomic E-state index is 12.2. The van der Waals surface area contributed by atoms with Gasteiger partial charge in [0.25, 0.3) is 0 Å². The second kappa shape index (κ2) is 10.3. The number of nitrogens with zero attached hydrogens (tertiary/aromatic N) is 1. The maximum absolute atomic E-state index is 12.2. The summed E-state index contributed by atoms with van der Waals surface area (Å²) in [5, 5.41) is 2.81. The number of para-hydroxylation sites is 1. The van der Waals surface area contributed by atoms with E-state index in [9.17, 15) is 13.2 Å². The molecule has 2 rings (SSSR count). The summed E-state index contributed by atoms with van der Waals surface area (Å²) >= 11 is 0. The van der Waals surface area contributed by atoms with Gasteiger partial charge in [0.2, 0.25) is 15.9 Å². The lowest BCUT2D eigenvalue weighted by Gasteiger charge is -2.23. The van der Waals surface area contributed by atoms with Crippen molar-refractivity contribution in [2.24, 2.45) is 0 Å². The van der Waals surface area contributed by atoms with Crippen molar-refractivity contribution < 1.29 is 17.9 Å². The van der Waals surface area contributed by atoms with E-state index in [0.29, 0.717) is 25.3 Å². The number of sulfonamides is 1. The molecule has 0 saturated heterocycles. The zero-order valence-electron chi connectivity index (χ0n) is 17.6. The summed E-state index contributed by atoms with van der Waals surface area (Å²) in [7, 11) is -3.42. The van der Waals surface area contributed by atoms with Crippen molar-refractivity contribution in [2.75, 3.05) is 30.3 Å². The summed E-state index contributed by atoms with van der Waals surface area (Å²) < 4.78 is 31.4. The van der Waals surface area contributed by atoms with Crippen molar-refractivity contribution >= 4 is 21.6 Å². The van der Waals surface area contributed by atoms with Gasteiger partial charge >= 0.3 is 0 Å². The Labute approximate surface area is 173 Å². The molecule has 2 aromatic carbocycles. The minimum Gasteiger partial charge on any atom is -0.491 e. The highest BCUT2D eigenvalue weighted by Crippen LogP contribution is 2.22. The molecule has 0 aromatic heterocycles. The van der Waals surface area contributed by atoms with Crippen molar-refractivity contribution in [3.05, 3.63) is 59.2 Å². The summed E-state index contributed by atoms with van der Waals surface area (Å²) in [6, 6.07) is 13.4. The topological polar surface area (TPSA) is 75.7 Å². The predicted molar refractivity (Wildman–Crippen MR) is 117 cm³/mol. The van der Waals surface area contributed by atoms with E-state index < -0.39 is 10.0 Å². The molecule has 0 aliphatic carbocycles. The molecule has 7 heteroatoms. The highest BCUT2D eigenvalue weighted by Gasteiger charge is 2.18. The number of carbonyl (C=O) groups excluding carboxylic acids is 1. The van der Waals surface area contributed by atoms with E-state index in [0.717, 1.165) is 22.4 Å². The number of benzene rings is 2. The summed E-state index contributed by atoms with van der Waals surface area (Å²) in [5.41, 5.74) is 3.68. The van der Waals surface area contributed by atoms with Gasteiger partial charge in [-0.15, -0.1) is 0 Å². The Hall–Kier alpha value is -2.54. The quantitative estimate of drug-likeness (QED) is 0.601. The molecular formula is C22H30N2O4S. The van der Waals surface area contributed by atoms with E-state index in [1.807, 2.05) is 63.2 Å². The van der Waals surface area contributed by atoms with Gasteiger partial charge in [0.05, 0.1) is 18.5 Å². The molecule has 0 radical (unpaired) electrons. The summed E-state index contributed by atoms with van der Waals surface area (Å²) in [4.78, 5) is 12.1. The molecule has 0 bridgehead atoms. The van der Waals surface area contributed by atoms with Crippen LogP contribution in [-0.4, -0.2) is 40.3 Å². The summed E-state index contributed by atoms with van der Waals surface area (Å²) in [6.45, 7) is 6.88. The van der Waals surface area contributed by atoms with Crippen LogP contribution in [0.5, 0.6) is 5.75 Å². The first kappa shape index (κ1) is 22.7. The van der Waals surface area contributed by atoms with E-state index in [2.05, 4.69) is 5.32 Å². The van der Waals surface area contributed by atoms with Crippen LogP contribution in [0.2, 0.25) is 0 Å². The van der Waals surface area contributed by atoms with Gasteiger partial charge in [-0.25, -0.2) is 8.42 Å². The molecule has 6 nitrogen and oxygen atoms in total. The SMILES string of the molecule is Cc1cc(C)cc(N(CCCC(=O)NCCOc2ccccc2C)S(C)(=O)=O)c1. The van der Waals surface area contributed by atoms with Crippen molar-refractivity contribution in [1.29, 1.82) is 0 Å². The summed E-state index contributed by atoms with van der Waals surface area (Å²) in [5.74, 6) is 0.686. The van der Waals surface area contributed by atoms with E-state index in [-0.39, 0.29) is 18.9 Å². The predicted octanol–water partition coefficient (Wildman–Crippen LogP) is 3.35. The third-order valence-electron chi connectivity index (χ3n) is 4.44. The number of ether oxygens (including phenoxy) is 1. The first-order valence-corrected chi connectivity index (χ1v) is 11.5. The third kappa shape index (κ3) is 7.42. The lowest BCUT2D eigenvalue weighted by atomic mass is 10.1. The van der Waals surface area contributed by atoms with Crippen LogP contribution in [0, 0.1) is 20.8 Å². The fourth-order valence-corrected chi connectivity index (χ4v) is 4.07. The van der Waals surface area contributed by atoms with Crippen molar-refractivity contribution in [1.82, 2.24) is 5.32 Å². The van der Waals surface area contributed by atoms with Crippen LogP contribution >= 0.6 is 0 Å². The minimum atomic E-state index is -3.42. The van der Waals surface area contributed by atoms with Gasteiger partial charge in [0.1, 0.15) is 12.4 Å². The number of hydrogen-bond acceptors (Lipinski definition) is 4. The number of anilines is 1. The highest BCUT2D eigenvalue weighted by atomic mass is 32.2. The molecule has 0 atom stereocenters. The van der Waals surface area contributed by atoms with E-state index in [1.54, 1.807) is 0 Å². The molecule has 1 amide bonds. The Kier molecular flexibility index (Phi) is 8.08. The average molecular weight is 419 g/mol. The number of nitrogens with one attached hydrogen (secondary N) is 1. The summed E-state index contributed by atoms with van der Waals surface area (Å²) in [6.07, 6.45) is 1.87. The standard InChI is InChI=1S/C22H30N2O4S/c1-17-14-18(2)16-20(15-17)24(29(4,26)27)12-7-10-22(25)23-11-13-28-21-9-6-5-8-19(21)3/h5-6,8-9,14-16H,7,10-13H2,1-4H3,(H,23,25). The molecule has 29 heavy (non-hydrogen) atoms. The normalized spacial score (nSPS) is 11.2. The molecule has 2 aromatic rings. The number of carbonyl (C=O) groups is 1. The van der Waals surface area contributed by atoms with Crippen molar-refractivity contribution in [2.45, 2.75) is 33.6 Å². The van der Waals surface area contributed by atoms with Crippen LogP contribution in [0.1, 0.15) is 29.5 Å². The van der Waals surface area contributed by atoms with Gasteiger partial charge in [0, 0.05) is 13.0 Å². The number of amides is 1. The number of aryl methyl sites for hydroxylation is 3.